The number of hydrogen-bond acceptors (Lipinski definition) is 3. The van der Waals surface area contributed by atoms with E-state index in [1.165, 1.54) is 180 Å². The molecule has 0 heterocycles. The number of carbonyl (C=O) groups excluding carboxylic acids is 3. The second-order valence-electron chi connectivity index (χ2n) is 11.5. The Morgan fingerprint density at radius 3 is 0.500 bits per heavy atom. The van der Waals surface area contributed by atoms with Crippen LogP contribution in [-0.2, 0) is 35.4 Å². The van der Waals surface area contributed by atoms with Crippen molar-refractivity contribution in [2.75, 3.05) is 52.4 Å². The summed E-state index contributed by atoms with van der Waals surface area (Å²) in [5.41, 5.74) is 0. The summed E-state index contributed by atoms with van der Waals surface area (Å²) in [5.74, 6) is 0. The summed E-state index contributed by atoms with van der Waals surface area (Å²) in [6, 6.07) is 0. The topological polar surface area (TPSA) is 51.2 Å². The average molecular weight is 1000 g/mol. The van der Waals surface area contributed by atoms with E-state index >= 15 is 0 Å². The molecule has 0 radical (unpaired) electrons. The van der Waals surface area contributed by atoms with Crippen LogP contribution in [0.5, 0.6) is 0 Å². The summed E-state index contributed by atoms with van der Waals surface area (Å²) in [4.78, 5) is 25.8. The van der Waals surface area contributed by atoms with Crippen LogP contribution in [-0.4, -0.2) is 76.9 Å². The monoisotopic (exact) mass is 1000 g/mol. The van der Waals surface area contributed by atoms with E-state index in [1.54, 1.807) is 0 Å². The molecule has 272 valence electrons. The van der Waals surface area contributed by atoms with E-state index in [9.17, 15) is 0 Å². The Labute approximate surface area is 316 Å². The minimum Gasteiger partial charge on any atom is -0.530 e. The van der Waals surface area contributed by atoms with Crippen molar-refractivity contribution < 1.29 is 44.4 Å². The Bertz CT molecular complexity index is 408. The van der Waals surface area contributed by atoms with Crippen LogP contribution in [0, 0.1) is 0 Å². The van der Waals surface area contributed by atoms with E-state index in [2.05, 4.69) is 103 Å². The van der Waals surface area contributed by atoms with Gasteiger partial charge in [0.25, 0.3) is 0 Å². The quantitative estimate of drug-likeness (QED) is 0.0550. The number of halogens is 3. The molecule has 0 atom stereocenters. The molecule has 0 rings (SSSR count). The van der Waals surface area contributed by atoms with Crippen molar-refractivity contribution in [2.45, 2.75) is 158 Å². The number of rotatable bonds is 24. The predicted octanol–water partition coefficient (Wildman–Crippen LogP) is 11.4. The van der Waals surface area contributed by atoms with Gasteiger partial charge < -0.3 is 23.3 Å². The Kier molecular flexibility index (Phi) is 66.3. The molecule has 0 saturated heterocycles. The Morgan fingerprint density at radius 2 is 0.432 bits per heavy atom. The van der Waals surface area contributed by atoms with Gasteiger partial charge in [-0.1, -0.05) is 107 Å². The summed E-state index contributed by atoms with van der Waals surface area (Å²) in [6.45, 7) is 30.0. The fourth-order valence-electron chi connectivity index (χ4n) is 5.29. The fraction of sp³-hybridized carbons (Fsp3) is 0.914. The first-order valence-corrected chi connectivity index (χ1v) is 19.7. The van der Waals surface area contributed by atoms with Gasteiger partial charge in [-0.05, 0) is 51.4 Å². The molecular formula is C35H72Br3N2O3Pt-. The summed E-state index contributed by atoms with van der Waals surface area (Å²) >= 11 is 7.02. The van der Waals surface area contributed by atoms with Gasteiger partial charge in [-0.25, -0.2) is 0 Å². The van der Waals surface area contributed by atoms with Crippen molar-refractivity contribution in [3.8, 4) is 0 Å². The minimum absolute atomic E-state index is 0. The molecule has 0 saturated carbocycles. The molecule has 5 nitrogen and oxygen atoms in total. The van der Waals surface area contributed by atoms with Crippen molar-refractivity contribution in [1.29, 1.82) is 0 Å². The summed E-state index contributed by atoms with van der Waals surface area (Å²) in [7, 11) is 0. The SMILES string of the molecule is CCCC[N+](CCCC)(CCCC)CCCC.CCCC[N+](CCCC)(CCCC)CCCC.O=[C-]Br.O=[C-]Br.O=[C-]Br.[Pt]. The standard InChI is InChI=1S/2C16H36N.3CBrO.Pt/c2*1-5-9-13-17(14-10-6-2,15-11-7-3)16-12-8-4;3*2-1-3;/h2*5-16H2,1-4H3;;;;/q2*+1;3*-1;. The van der Waals surface area contributed by atoms with Crippen LogP contribution in [0.1, 0.15) is 158 Å². The molecule has 0 aromatic rings. The second-order valence-corrected chi connectivity index (χ2v) is 12.5. The first-order chi connectivity index (χ1) is 20.7. The van der Waals surface area contributed by atoms with E-state index in [4.69, 9.17) is 14.4 Å². The van der Waals surface area contributed by atoms with Gasteiger partial charge in [0.1, 0.15) is 0 Å². The molecule has 0 aliphatic heterocycles. The third kappa shape index (κ3) is 45.2. The number of quaternary nitrogens is 2. The van der Waals surface area contributed by atoms with Crippen LogP contribution in [0.15, 0.2) is 0 Å². The third-order valence-electron chi connectivity index (χ3n) is 7.89. The molecule has 0 spiro atoms. The summed E-state index contributed by atoms with van der Waals surface area (Å²) < 4.78 is 2.84. The molecule has 0 unspecified atom stereocenters. The second kappa shape index (κ2) is 50.9. The molecular weight excluding hydrogens is 931 g/mol. The number of hydrogen-bond donors (Lipinski definition) is 0. The van der Waals surface area contributed by atoms with E-state index in [0.717, 1.165) is 0 Å². The van der Waals surface area contributed by atoms with Crippen LogP contribution < -0.4 is 0 Å². The molecule has 9 heteroatoms. The maximum absolute atomic E-state index is 8.60. The van der Waals surface area contributed by atoms with E-state index in [1.807, 2.05) is 0 Å². The van der Waals surface area contributed by atoms with Crippen molar-refractivity contribution in [2.24, 2.45) is 0 Å². The largest absolute Gasteiger partial charge is 0.530 e. The minimum atomic E-state index is 0. The van der Waals surface area contributed by atoms with Crippen LogP contribution in [0.3, 0.4) is 0 Å². The molecule has 0 aromatic carbocycles. The van der Waals surface area contributed by atoms with Gasteiger partial charge in [0, 0.05) is 21.1 Å². The van der Waals surface area contributed by atoms with Gasteiger partial charge in [0.2, 0.25) is 0 Å². The van der Waals surface area contributed by atoms with Crippen molar-refractivity contribution in [3.63, 3.8) is 0 Å². The Morgan fingerprint density at radius 1 is 0.341 bits per heavy atom. The van der Waals surface area contributed by atoms with Gasteiger partial charge in [0.05, 0.1) is 52.4 Å². The third-order valence-corrected chi connectivity index (χ3v) is 7.89. The van der Waals surface area contributed by atoms with E-state index in [-0.39, 0.29) is 21.1 Å². The first kappa shape index (κ1) is 57.3. The zero-order valence-corrected chi connectivity index (χ0v) is 37.1. The molecule has 0 bridgehead atoms. The van der Waals surface area contributed by atoms with Crippen LogP contribution >= 0.6 is 47.8 Å². The normalized spacial score (nSPS) is 10.2. The molecule has 0 N–H and O–H groups in total. The fourth-order valence-corrected chi connectivity index (χ4v) is 5.29. The number of nitrogens with zero attached hydrogens (tertiary/aromatic N) is 2. The first-order valence-electron chi connectivity index (χ1n) is 17.4. The predicted molar refractivity (Wildman–Crippen MR) is 203 cm³/mol. The molecule has 44 heavy (non-hydrogen) atoms. The van der Waals surface area contributed by atoms with Crippen LogP contribution in [0.25, 0.3) is 0 Å². The molecule has 0 fully saturated rings. The van der Waals surface area contributed by atoms with Crippen LogP contribution in [0.2, 0.25) is 0 Å². The summed E-state index contributed by atoms with van der Waals surface area (Å²) in [5, 5.41) is 3.94. The van der Waals surface area contributed by atoms with Crippen LogP contribution in [0.4, 0.5) is 0 Å². The Hall–Kier alpha value is 1.06. The van der Waals surface area contributed by atoms with Gasteiger partial charge in [-0.3, -0.25) is 47.8 Å². The molecule has 0 amide bonds. The van der Waals surface area contributed by atoms with Gasteiger partial charge in [-0.15, -0.1) is 0 Å². The van der Waals surface area contributed by atoms with Crippen molar-refractivity contribution >= 4 is 63.4 Å². The zero-order chi connectivity index (χ0) is 34.1. The molecule has 0 aliphatic carbocycles. The van der Waals surface area contributed by atoms with Gasteiger partial charge >= 0.3 is 0 Å². The molecule has 0 aromatic heterocycles. The van der Waals surface area contributed by atoms with Crippen molar-refractivity contribution in [3.05, 3.63) is 0 Å². The van der Waals surface area contributed by atoms with Gasteiger partial charge in [-0.2, -0.15) is 15.6 Å². The van der Waals surface area contributed by atoms with E-state index in [0.29, 0.717) is 0 Å². The van der Waals surface area contributed by atoms with Gasteiger partial charge in [0.15, 0.2) is 0 Å². The maximum Gasteiger partial charge on any atom is 0.0786 e. The van der Waals surface area contributed by atoms with Crippen molar-refractivity contribution in [1.82, 2.24) is 0 Å². The Balaban J connectivity index is -0.000000126. The average Bonchev–Trinajstić information content (AvgIpc) is 3.01. The summed E-state index contributed by atoms with van der Waals surface area (Å²) in [6.07, 6.45) is 22.1. The zero-order valence-electron chi connectivity index (χ0n) is 30.0. The number of unbranched alkanes of at least 4 members (excludes halogenated alkanes) is 8. The van der Waals surface area contributed by atoms with E-state index < -0.39 is 0 Å². The maximum atomic E-state index is 8.60. The molecule has 0 aliphatic rings. The smallest absolute Gasteiger partial charge is 0.0786 e.